The van der Waals surface area contributed by atoms with Gasteiger partial charge in [0.25, 0.3) is 0 Å². The number of benzene rings is 1. The molecule has 5 heteroatoms. The van der Waals surface area contributed by atoms with Crippen LogP contribution in [-0.4, -0.2) is 24.3 Å². The van der Waals surface area contributed by atoms with Crippen molar-refractivity contribution in [3.8, 4) is 0 Å². The number of aromatic nitrogens is 1. The number of rotatable bonds is 3. The van der Waals surface area contributed by atoms with Crippen molar-refractivity contribution in [2.24, 2.45) is 0 Å². The fourth-order valence-corrected chi connectivity index (χ4v) is 5.04. The topological polar surface area (TPSA) is 50.3 Å². The molecule has 1 aromatic carbocycles. The molecule has 1 atom stereocenters. The molecule has 0 radical (unpaired) electrons. The van der Waals surface area contributed by atoms with Gasteiger partial charge >= 0.3 is 0 Å². The Kier molecular flexibility index (Phi) is 4.02. The van der Waals surface area contributed by atoms with E-state index in [1.165, 1.54) is 0 Å². The minimum absolute atomic E-state index is 0.112. The number of nitrogens with zero attached hydrogens (tertiary/aromatic N) is 2. The second kappa shape index (κ2) is 5.82. The number of hydrogen-bond donors (Lipinski definition) is 0. The van der Waals surface area contributed by atoms with Gasteiger partial charge in [-0.1, -0.05) is 23.8 Å². The first-order valence-corrected chi connectivity index (χ1v) is 8.93. The molecule has 0 aliphatic carbocycles. The molecule has 1 aliphatic rings. The van der Waals surface area contributed by atoms with E-state index in [9.17, 15) is 8.42 Å². The van der Waals surface area contributed by atoms with E-state index in [-0.39, 0.29) is 6.04 Å². The van der Waals surface area contributed by atoms with Crippen molar-refractivity contribution in [1.82, 2.24) is 9.29 Å². The minimum Gasteiger partial charge on any atom is -0.264 e. The van der Waals surface area contributed by atoms with Crippen molar-refractivity contribution in [3.63, 3.8) is 0 Å². The predicted octanol–water partition coefficient (Wildman–Crippen LogP) is 3.22. The van der Waals surface area contributed by atoms with E-state index >= 15 is 0 Å². The summed E-state index contributed by atoms with van der Waals surface area (Å²) in [5, 5.41) is 0. The Labute approximate surface area is 131 Å². The van der Waals surface area contributed by atoms with E-state index < -0.39 is 10.0 Å². The molecule has 2 aromatic rings. The summed E-state index contributed by atoms with van der Waals surface area (Å²) in [5.41, 5.74) is 2.84. The SMILES string of the molecule is Cc1ccc(S(=O)(=O)N2CCCC2c2cccnc2)c(C)c1. The number of sulfonamides is 1. The predicted molar refractivity (Wildman–Crippen MR) is 86.0 cm³/mol. The maximum absolute atomic E-state index is 13.1. The van der Waals surface area contributed by atoms with Crippen molar-refractivity contribution in [1.29, 1.82) is 0 Å². The van der Waals surface area contributed by atoms with Gasteiger partial charge in [-0.15, -0.1) is 0 Å². The van der Waals surface area contributed by atoms with Gasteiger partial charge in [0.15, 0.2) is 0 Å². The number of pyridine rings is 1. The van der Waals surface area contributed by atoms with Crippen molar-refractivity contribution in [2.75, 3.05) is 6.54 Å². The largest absolute Gasteiger partial charge is 0.264 e. The van der Waals surface area contributed by atoms with Crippen LogP contribution in [0.4, 0.5) is 0 Å². The van der Waals surface area contributed by atoms with Gasteiger partial charge in [-0.3, -0.25) is 4.98 Å². The summed E-state index contributed by atoms with van der Waals surface area (Å²) in [6, 6.07) is 9.19. The van der Waals surface area contributed by atoms with Gasteiger partial charge in [0.1, 0.15) is 0 Å². The Morgan fingerprint density at radius 3 is 2.73 bits per heavy atom. The molecular weight excluding hydrogens is 296 g/mol. The van der Waals surface area contributed by atoms with Crippen molar-refractivity contribution < 1.29 is 8.42 Å². The van der Waals surface area contributed by atoms with Gasteiger partial charge < -0.3 is 0 Å². The highest BCUT2D eigenvalue weighted by Crippen LogP contribution is 2.36. The van der Waals surface area contributed by atoms with E-state index in [0.717, 1.165) is 29.5 Å². The molecule has 1 saturated heterocycles. The first-order chi connectivity index (χ1) is 10.5. The molecule has 116 valence electrons. The molecule has 22 heavy (non-hydrogen) atoms. The van der Waals surface area contributed by atoms with E-state index in [1.54, 1.807) is 22.8 Å². The first kappa shape index (κ1) is 15.2. The summed E-state index contributed by atoms with van der Waals surface area (Å²) >= 11 is 0. The molecule has 1 aliphatic heterocycles. The van der Waals surface area contributed by atoms with Gasteiger partial charge in [0, 0.05) is 18.9 Å². The van der Waals surface area contributed by atoms with Gasteiger partial charge in [-0.05, 0) is 49.9 Å². The lowest BCUT2D eigenvalue weighted by atomic mass is 10.1. The molecule has 1 aromatic heterocycles. The van der Waals surface area contributed by atoms with Crippen LogP contribution in [0, 0.1) is 13.8 Å². The fraction of sp³-hybridized carbons (Fsp3) is 0.353. The molecular formula is C17H20N2O2S. The standard InChI is InChI=1S/C17H20N2O2S/c1-13-7-8-17(14(2)11-13)22(20,21)19-10-4-6-16(19)15-5-3-9-18-12-15/h3,5,7-9,11-12,16H,4,6,10H2,1-2H3. The highest BCUT2D eigenvalue weighted by molar-refractivity contribution is 7.89. The van der Waals surface area contributed by atoms with Crippen LogP contribution in [0.25, 0.3) is 0 Å². The Morgan fingerprint density at radius 2 is 2.05 bits per heavy atom. The maximum atomic E-state index is 13.1. The molecule has 3 rings (SSSR count). The normalized spacial score (nSPS) is 19.5. The van der Waals surface area contributed by atoms with Crippen LogP contribution in [0.15, 0.2) is 47.6 Å². The van der Waals surface area contributed by atoms with E-state index in [2.05, 4.69) is 4.98 Å². The molecule has 0 amide bonds. The molecule has 4 nitrogen and oxygen atoms in total. The summed E-state index contributed by atoms with van der Waals surface area (Å²) in [6.07, 6.45) is 5.20. The van der Waals surface area contributed by atoms with E-state index in [0.29, 0.717) is 11.4 Å². The molecule has 2 heterocycles. The van der Waals surface area contributed by atoms with Crippen LogP contribution >= 0.6 is 0 Å². The van der Waals surface area contributed by atoms with E-state index in [1.807, 2.05) is 38.1 Å². The summed E-state index contributed by atoms with van der Waals surface area (Å²) < 4.78 is 27.7. The van der Waals surface area contributed by atoms with Crippen molar-refractivity contribution in [2.45, 2.75) is 37.6 Å². The Balaban J connectivity index is 2.01. The molecule has 0 N–H and O–H groups in total. The van der Waals surface area contributed by atoms with Crippen molar-refractivity contribution in [3.05, 3.63) is 59.4 Å². The molecule has 0 saturated carbocycles. The zero-order chi connectivity index (χ0) is 15.7. The minimum atomic E-state index is -3.48. The Morgan fingerprint density at radius 1 is 1.23 bits per heavy atom. The highest BCUT2D eigenvalue weighted by Gasteiger charge is 2.36. The summed E-state index contributed by atoms with van der Waals surface area (Å²) in [5.74, 6) is 0. The van der Waals surface area contributed by atoms with Gasteiger partial charge in [-0.2, -0.15) is 4.31 Å². The van der Waals surface area contributed by atoms with Crippen LogP contribution in [0.3, 0.4) is 0 Å². The first-order valence-electron chi connectivity index (χ1n) is 7.49. The monoisotopic (exact) mass is 316 g/mol. The summed E-state index contributed by atoms with van der Waals surface area (Å²) in [4.78, 5) is 4.54. The Bertz CT molecular complexity index is 773. The zero-order valence-corrected chi connectivity index (χ0v) is 13.7. The van der Waals surface area contributed by atoms with Crippen LogP contribution < -0.4 is 0 Å². The fourth-order valence-electron chi connectivity index (χ4n) is 3.15. The second-order valence-corrected chi connectivity index (χ2v) is 7.69. The molecule has 1 fully saturated rings. The molecule has 1 unspecified atom stereocenters. The number of hydrogen-bond acceptors (Lipinski definition) is 3. The van der Waals surface area contributed by atoms with Gasteiger partial charge in [-0.25, -0.2) is 8.42 Å². The maximum Gasteiger partial charge on any atom is 0.243 e. The highest BCUT2D eigenvalue weighted by atomic mass is 32.2. The van der Waals surface area contributed by atoms with E-state index in [4.69, 9.17) is 0 Å². The van der Waals surface area contributed by atoms with Gasteiger partial charge in [0.2, 0.25) is 10.0 Å². The van der Waals surface area contributed by atoms with Crippen LogP contribution in [0.2, 0.25) is 0 Å². The van der Waals surface area contributed by atoms with Crippen LogP contribution in [0.1, 0.15) is 35.6 Å². The summed E-state index contributed by atoms with van der Waals surface area (Å²) in [6.45, 7) is 4.39. The molecule has 0 bridgehead atoms. The lowest BCUT2D eigenvalue weighted by Crippen LogP contribution is -2.31. The molecule has 0 spiro atoms. The third-order valence-corrected chi connectivity index (χ3v) is 6.26. The average molecular weight is 316 g/mol. The number of aryl methyl sites for hydroxylation is 2. The van der Waals surface area contributed by atoms with Gasteiger partial charge in [0.05, 0.1) is 10.9 Å². The third kappa shape index (κ3) is 2.66. The average Bonchev–Trinajstić information content (AvgIpc) is 2.98. The smallest absolute Gasteiger partial charge is 0.243 e. The lowest BCUT2D eigenvalue weighted by molar-refractivity contribution is 0.396. The zero-order valence-electron chi connectivity index (χ0n) is 12.9. The second-order valence-electron chi connectivity index (χ2n) is 5.83. The van der Waals surface area contributed by atoms with Crippen molar-refractivity contribution >= 4 is 10.0 Å². The quantitative estimate of drug-likeness (QED) is 0.873. The van der Waals surface area contributed by atoms with Crippen LogP contribution in [0.5, 0.6) is 0 Å². The summed E-state index contributed by atoms with van der Waals surface area (Å²) in [7, 11) is -3.48. The Hall–Kier alpha value is -1.72. The van der Waals surface area contributed by atoms with Crippen LogP contribution in [-0.2, 0) is 10.0 Å². The lowest BCUT2D eigenvalue weighted by Gasteiger charge is -2.25. The third-order valence-electron chi connectivity index (χ3n) is 4.19.